The molecule has 0 aliphatic rings. The molecule has 0 N–H and O–H groups in total. The zero-order valence-corrected chi connectivity index (χ0v) is 17.4. The molecule has 30 heavy (non-hydrogen) atoms. The maximum Gasteiger partial charge on any atom is 0.335 e. The Balaban J connectivity index is 1.87. The molecule has 148 valence electrons. The lowest BCUT2D eigenvalue weighted by molar-refractivity contribution is 0.770. The number of rotatable bonds is 2. The highest BCUT2D eigenvalue weighted by molar-refractivity contribution is 6.32. The number of aromatic nitrogens is 2. The van der Waals surface area contributed by atoms with Crippen LogP contribution in [0, 0.1) is 11.8 Å². The molecule has 5 heteroatoms. The lowest BCUT2D eigenvalue weighted by atomic mass is 10.1. The molecular formula is C25H19ClN2O2. The normalized spacial score (nSPS) is 10.6. The zero-order valence-electron chi connectivity index (χ0n) is 16.6. The Morgan fingerprint density at radius 2 is 1.63 bits per heavy atom. The highest BCUT2D eigenvalue weighted by Gasteiger charge is 2.16. The second-order valence-electron chi connectivity index (χ2n) is 6.93. The number of para-hydroxylation sites is 1. The van der Waals surface area contributed by atoms with Gasteiger partial charge in [-0.3, -0.25) is 9.36 Å². The molecule has 1 aromatic heterocycles. The van der Waals surface area contributed by atoms with E-state index in [1.54, 1.807) is 31.3 Å². The molecule has 0 aliphatic heterocycles. The van der Waals surface area contributed by atoms with Crippen molar-refractivity contribution in [2.45, 2.75) is 13.3 Å². The van der Waals surface area contributed by atoms with Gasteiger partial charge < -0.3 is 0 Å². The summed E-state index contributed by atoms with van der Waals surface area (Å²) in [5.41, 5.74) is 2.74. The first-order chi connectivity index (χ1) is 14.5. The van der Waals surface area contributed by atoms with E-state index < -0.39 is 5.69 Å². The third-order valence-corrected chi connectivity index (χ3v) is 5.36. The Morgan fingerprint density at radius 1 is 0.900 bits per heavy atom. The van der Waals surface area contributed by atoms with E-state index in [-0.39, 0.29) is 5.56 Å². The van der Waals surface area contributed by atoms with Crippen LogP contribution in [-0.2, 0) is 13.5 Å². The smallest absolute Gasteiger partial charge is 0.296 e. The molecule has 0 amide bonds. The number of benzene rings is 3. The average molecular weight is 415 g/mol. The van der Waals surface area contributed by atoms with Gasteiger partial charge in [-0.15, -0.1) is 0 Å². The summed E-state index contributed by atoms with van der Waals surface area (Å²) >= 11 is 6.48. The van der Waals surface area contributed by atoms with Crippen molar-refractivity contribution in [3.63, 3.8) is 0 Å². The van der Waals surface area contributed by atoms with Gasteiger partial charge >= 0.3 is 5.69 Å². The molecule has 4 aromatic rings. The predicted octanol–water partition coefficient (Wildman–Crippen LogP) is 4.31. The molecule has 0 saturated carbocycles. The standard InChI is InChI=1S/C25H19ClN2O2/c1-3-19-10-7-11-20-23(19)27(2)25(30)28(24(20)29)22-15-14-18(16-21(22)26)13-12-17-8-5-4-6-9-17/h4-11,14-16H,3H2,1-2H3. The topological polar surface area (TPSA) is 44.0 Å². The molecule has 1 heterocycles. The number of halogens is 1. The van der Waals surface area contributed by atoms with Crippen LogP contribution in [0.5, 0.6) is 0 Å². The predicted molar refractivity (Wildman–Crippen MR) is 122 cm³/mol. The van der Waals surface area contributed by atoms with Crippen LogP contribution in [-0.4, -0.2) is 9.13 Å². The van der Waals surface area contributed by atoms with Gasteiger partial charge in [-0.05, 0) is 48.4 Å². The first kappa shape index (κ1) is 19.8. The monoisotopic (exact) mass is 414 g/mol. The van der Waals surface area contributed by atoms with Gasteiger partial charge in [0.2, 0.25) is 0 Å². The quantitative estimate of drug-likeness (QED) is 0.459. The number of aryl methyl sites for hydroxylation is 2. The molecule has 0 aliphatic carbocycles. The number of nitrogens with zero attached hydrogens (tertiary/aromatic N) is 2. The van der Waals surface area contributed by atoms with Gasteiger partial charge in [-0.2, -0.15) is 0 Å². The highest BCUT2D eigenvalue weighted by Crippen LogP contribution is 2.21. The van der Waals surface area contributed by atoms with E-state index in [0.29, 0.717) is 27.2 Å². The van der Waals surface area contributed by atoms with Crippen LogP contribution in [0.1, 0.15) is 23.6 Å². The Kier molecular flexibility index (Phi) is 5.31. The van der Waals surface area contributed by atoms with Gasteiger partial charge in [-0.1, -0.05) is 60.7 Å². The summed E-state index contributed by atoms with van der Waals surface area (Å²) in [5, 5.41) is 0.778. The number of fused-ring (bicyclic) bond motifs is 1. The van der Waals surface area contributed by atoms with E-state index in [9.17, 15) is 9.59 Å². The van der Waals surface area contributed by atoms with Crippen LogP contribution in [0.15, 0.2) is 76.3 Å². The summed E-state index contributed by atoms with van der Waals surface area (Å²) in [7, 11) is 1.67. The van der Waals surface area contributed by atoms with Gasteiger partial charge in [-0.25, -0.2) is 9.36 Å². The summed E-state index contributed by atoms with van der Waals surface area (Å²) < 4.78 is 2.63. The van der Waals surface area contributed by atoms with Gasteiger partial charge in [0.05, 0.1) is 21.6 Å². The molecule has 3 aromatic carbocycles. The lowest BCUT2D eigenvalue weighted by Gasteiger charge is -2.14. The number of hydrogen-bond acceptors (Lipinski definition) is 2. The Hall–Kier alpha value is -3.55. The van der Waals surface area contributed by atoms with Crippen LogP contribution >= 0.6 is 11.6 Å². The highest BCUT2D eigenvalue weighted by atomic mass is 35.5. The molecule has 0 atom stereocenters. The van der Waals surface area contributed by atoms with Crippen molar-refractivity contribution >= 4 is 22.5 Å². The fraction of sp³-hybridized carbons (Fsp3) is 0.120. The van der Waals surface area contributed by atoms with Crippen molar-refractivity contribution in [2.24, 2.45) is 7.05 Å². The van der Waals surface area contributed by atoms with Crippen LogP contribution in [0.4, 0.5) is 0 Å². The van der Waals surface area contributed by atoms with E-state index in [2.05, 4.69) is 11.8 Å². The van der Waals surface area contributed by atoms with E-state index in [1.807, 2.05) is 49.4 Å². The molecule has 0 unspecified atom stereocenters. The van der Waals surface area contributed by atoms with Crippen molar-refractivity contribution in [3.8, 4) is 17.5 Å². The molecule has 0 fully saturated rings. The van der Waals surface area contributed by atoms with Crippen molar-refractivity contribution in [1.82, 2.24) is 9.13 Å². The molecule has 4 nitrogen and oxygen atoms in total. The van der Waals surface area contributed by atoms with Crippen molar-refractivity contribution < 1.29 is 0 Å². The summed E-state index contributed by atoms with van der Waals surface area (Å²) in [6.45, 7) is 2.00. The largest absolute Gasteiger partial charge is 0.335 e. The Morgan fingerprint density at radius 3 is 2.33 bits per heavy atom. The molecule has 0 bridgehead atoms. The fourth-order valence-electron chi connectivity index (χ4n) is 3.54. The SMILES string of the molecule is CCc1cccc2c(=O)n(-c3ccc(C#Cc4ccccc4)cc3Cl)c(=O)n(C)c12. The molecule has 4 rings (SSSR count). The summed E-state index contributed by atoms with van der Waals surface area (Å²) in [6, 6.07) is 20.2. The summed E-state index contributed by atoms with van der Waals surface area (Å²) in [5.74, 6) is 6.13. The first-order valence-electron chi connectivity index (χ1n) is 9.62. The third-order valence-electron chi connectivity index (χ3n) is 5.06. The molecular weight excluding hydrogens is 396 g/mol. The van der Waals surface area contributed by atoms with Gasteiger partial charge in [0.25, 0.3) is 5.56 Å². The maximum atomic E-state index is 13.2. The van der Waals surface area contributed by atoms with Crippen LogP contribution in [0.3, 0.4) is 0 Å². The van der Waals surface area contributed by atoms with Crippen molar-refractivity contribution in [2.75, 3.05) is 0 Å². The van der Waals surface area contributed by atoms with Crippen LogP contribution in [0.2, 0.25) is 5.02 Å². The van der Waals surface area contributed by atoms with Crippen molar-refractivity contribution in [3.05, 3.63) is 109 Å². The van der Waals surface area contributed by atoms with E-state index in [1.165, 1.54) is 4.57 Å². The molecule has 0 saturated heterocycles. The second kappa shape index (κ2) is 8.06. The Bertz CT molecular complexity index is 1440. The van der Waals surface area contributed by atoms with Crippen molar-refractivity contribution in [1.29, 1.82) is 0 Å². The zero-order chi connectivity index (χ0) is 21.3. The molecule has 0 radical (unpaired) electrons. The second-order valence-corrected chi connectivity index (χ2v) is 7.34. The van der Waals surface area contributed by atoms with Gasteiger partial charge in [0.15, 0.2) is 0 Å². The van der Waals surface area contributed by atoms with Gasteiger partial charge in [0.1, 0.15) is 0 Å². The molecule has 0 spiro atoms. The van der Waals surface area contributed by atoms with E-state index in [0.717, 1.165) is 22.1 Å². The maximum absolute atomic E-state index is 13.2. The van der Waals surface area contributed by atoms with Crippen LogP contribution in [0.25, 0.3) is 16.6 Å². The fourth-order valence-corrected chi connectivity index (χ4v) is 3.81. The lowest BCUT2D eigenvalue weighted by Crippen LogP contribution is -2.38. The average Bonchev–Trinajstić information content (AvgIpc) is 2.77. The number of hydrogen-bond donors (Lipinski definition) is 0. The third kappa shape index (κ3) is 3.45. The minimum atomic E-state index is -0.432. The minimum Gasteiger partial charge on any atom is -0.296 e. The first-order valence-corrected chi connectivity index (χ1v) is 9.99. The van der Waals surface area contributed by atoms with E-state index in [4.69, 9.17) is 11.6 Å². The summed E-state index contributed by atoms with van der Waals surface area (Å²) in [4.78, 5) is 26.2. The minimum absolute atomic E-state index is 0.292. The van der Waals surface area contributed by atoms with E-state index >= 15 is 0 Å². The Labute approximate surface area is 179 Å². The summed E-state index contributed by atoms with van der Waals surface area (Å²) in [6.07, 6.45) is 0.726. The van der Waals surface area contributed by atoms with Gasteiger partial charge in [0, 0.05) is 18.2 Å². The van der Waals surface area contributed by atoms with Crippen LogP contribution < -0.4 is 11.2 Å².